The highest BCUT2D eigenvalue weighted by Gasteiger charge is 2.30. The molecule has 7 heteroatoms. The quantitative estimate of drug-likeness (QED) is 0.781. The van der Waals surface area contributed by atoms with Gasteiger partial charge in [-0.05, 0) is 40.5 Å². The minimum atomic E-state index is -0.410. The van der Waals surface area contributed by atoms with Gasteiger partial charge in [0.1, 0.15) is 22.7 Å². The molecule has 2 N–H and O–H groups in total. The Morgan fingerprint density at radius 2 is 1.19 bits per heavy atom. The maximum Gasteiger partial charge on any atom is 0.133 e. The molecule has 0 atom stereocenters. The van der Waals surface area contributed by atoms with Crippen molar-refractivity contribution in [2.24, 2.45) is 20.2 Å². The average molecular weight is 315 g/mol. The highest BCUT2D eigenvalue weighted by molar-refractivity contribution is 5.92. The number of amidine groups is 2. The van der Waals surface area contributed by atoms with Crippen molar-refractivity contribution >= 4 is 24.1 Å². The van der Waals surface area contributed by atoms with Gasteiger partial charge in [-0.15, -0.1) is 12.4 Å². The lowest BCUT2D eigenvalue weighted by Gasteiger charge is -2.29. The molecule has 0 amide bonds. The second kappa shape index (κ2) is 7.20. The third-order valence-corrected chi connectivity index (χ3v) is 3.50. The molecule has 6 nitrogen and oxygen atoms in total. The van der Waals surface area contributed by atoms with Crippen molar-refractivity contribution in [3.8, 4) is 0 Å². The number of nitrogens with one attached hydrogen (secondary N) is 2. The summed E-state index contributed by atoms with van der Waals surface area (Å²) in [7, 11) is 0. The van der Waals surface area contributed by atoms with Gasteiger partial charge >= 0.3 is 0 Å². The Labute approximate surface area is 133 Å². The van der Waals surface area contributed by atoms with E-state index in [1.165, 1.54) is 0 Å². The predicted molar refractivity (Wildman–Crippen MR) is 90.1 cm³/mol. The number of hydrogen-bond donors (Lipinski definition) is 2. The van der Waals surface area contributed by atoms with Gasteiger partial charge in [0.15, 0.2) is 0 Å². The summed E-state index contributed by atoms with van der Waals surface area (Å²) >= 11 is 0. The van der Waals surface area contributed by atoms with Crippen LogP contribution in [0.2, 0.25) is 0 Å². The van der Waals surface area contributed by atoms with Gasteiger partial charge in [-0.1, -0.05) is 0 Å². The van der Waals surface area contributed by atoms with E-state index >= 15 is 0 Å². The zero-order chi connectivity index (χ0) is 14.6. The van der Waals surface area contributed by atoms with Crippen LogP contribution in [0.25, 0.3) is 0 Å². The maximum atomic E-state index is 4.54. The van der Waals surface area contributed by atoms with Crippen molar-refractivity contribution in [2.75, 3.05) is 26.2 Å². The zero-order valence-corrected chi connectivity index (χ0v) is 14.3. The van der Waals surface area contributed by atoms with Gasteiger partial charge < -0.3 is 10.6 Å². The van der Waals surface area contributed by atoms with Crippen LogP contribution < -0.4 is 10.6 Å². The fraction of sp³-hybridized carbons (Fsp3) is 0.857. The molecule has 0 saturated heterocycles. The molecule has 2 rings (SSSR count). The molecular weight excluding hydrogens is 288 g/mol. The van der Waals surface area contributed by atoms with Crippen molar-refractivity contribution in [1.82, 2.24) is 10.6 Å². The molecule has 2 heterocycles. The molecule has 0 radical (unpaired) electrons. The summed E-state index contributed by atoms with van der Waals surface area (Å²) in [4.78, 5) is 9.04. The monoisotopic (exact) mass is 314 g/mol. The molecule has 0 aromatic rings. The van der Waals surface area contributed by atoms with E-state index in [4.69, 9.17) is 0 Å². The summed E-state index contributed by atoms with van der Waals surface area (Å²) in [5, 5.41) is 15.7. The Balaban J connectivity index is 0.00000220. The normalized spacial score (nSPS) is 20.0. The Morgan fingerprint density at radius 3 is 1.48 bits per heavy atom. The molecule has 0 saturated carbocycles. The lowest BCUT2D eigenvalue weighted by Crippen LogP contribution is -2.46. The molecule has 0 aromatic heterocycles. The smallest absolute Gasteiger partial charge is 0.133 e. The van der Waals surface area contributed by atoms with Crippen LogP contribution in [-0.2, 0) is 0 Å². The molecule has 0 spiro atoms. The largest absolute Gasteiger partial charge is 0.372 e. The van der Waals surface area contributed by atoms with E-state index in [0.717, 1.165) is 50.7 Å². The fourth-order valence-electron chi connectivity index (χ4n) is 2.23. The minimum Gasteiger partial charge on any atom is -0.372 e. The maximum absolute atomic E-state index is 4.54. The number of azo groups is 1. The highest BCUT2D eigenvalue weighted by Crippen LogP contribution is 2.19. The minimum absolute atomic E-state index is 0. The zero-order valence-electron chi connectivity index (χ0n) is 13.4. The standard InChI is InChI=1S/C14H26N6.ClH/c1-13(2,11-15-7-5-8-16-11)19-20-14(3,4)12-17-9-6-10-18-12;/h5-10H2,1-4H3,(H,15,16)(H,17,18);1H/b20-19+;. The summed E-state index contributed by atoms with van der Waals surface area (Å²) in [5.41, 5.74) is -0.820. The van der Waals surface area contributed by atoms with Crippen LogP contribution in [0.1, 0.15) is 40.5 Å². The van der Waals surface area contributed by atoms with Crippen molar-refractivity contribution in [3.05, 3.63) is 0 Å². The lowest BCUT2D eigenvalue weighted by atomic mass is 10.0. The first-order valence-corrected chi connectivity index (χ1v) is 7.43. The summed E-state index contributed by atoms with van der Waals surface area (Å²) in [6.45, 7) is 11.8. The molecule has 0 fully saturated rings. The second-order valence-electron chi connectivity index (χ2n) is 6.34. The topological polar surface area (TPSA) is 73.5 Å². The fourth-order valence-corrected chi connectivity index (χ4v) is 2.23. The summed E-state index contributed by atoms with van der Waals surface area (Å²) in [5.74, 6) is 1.86. The van der Waals surface area contributed by atoms with Gasteiger partial charge in [0.05, 0.1) is 0 Å². The summed E-state index contributed by atoms with van der Waals surface area (Å²) in [6.07, 6.45) is 2.17. The first kappa shape index (κ1) is 17.9. The van der Waals surface area contributed by atoms with E-state index in [1.807, 2.05) is 27.7 Å². The third-order valence-electron chi connectivity index (χ3n) is 3.50. The Kier molecular flexibility index (Phi) is 6.13. The number of rotatable bonds is 4. The van der Waals surface area contributed by atoms with Gasteiger partial charge in [0.2, 0.25) is 0 Å². The van der Waals surface area contributed by atoms with Crippen molar-refractivity contribution in [3.63, 3.8) is 0 Å². The Bertz CT molecular complexity index is 399. The highest BCUT2D eigenvalue weighted by atomic mass is 35.5. The number of aliphatic imine (C=N–C) groups is 2. The lowest BCUT2D eigenvalue weighted by molar-refractivity contribution is 0.529. The Hall–Kier alpha value is -1.17. The number of hydrogen-bond acceptors (Lipinski definition) is 6. The summed E-state index contributed by atoms with van der Waals surface area (Å²) in [6, 6.07) is 0. The average Bonchev–Trinajstić information content (AvgIpc) is 2.47. The van der Waals surface area contributed by atoms with Crippen LogP contribution >= 0.6 is 12.4 Å². The molecule has 0 aromatic carbocycles. The molecule has 2 aliphatic rings. The van der Waals surface area contributed by atoms with Crippen molar-refractivity contribution < 1.29 is 0 Å². The molecule has 0 unspecified atom stereocenters. The van der Waals surface area contributed by atoms with Crippen LogP contribution in [-0.4, -0.2) is 48.9 Å². The van der Waals surface area contributed by atoms with E-state index in [2.05, 4.69) is 30.8 Å². The first-order chi connectivity index (χ1) is 9.42. The van der Waals surface area contributed by atoms with Gasteiger partial charge in [-0.2, -0.15) is 10.2 Å². The van der Waals surface area contributed by atoms with Crippen LogP contribution in [0.5, 0.6) is 0 Å². The third kappa shape index (κ3) is 4.66. The molecular formula is C14H27ClN6. The van der Waals surface area contributed by atoms with Crippen LogP contribution in [0.3, 0.4) is 0 Å². The van der Waals surface area contributed by atoms with Crippen LogP contribution in [0, 0.1) is 0 Å². The predicted octanol–water partition coefficient (Wildman–Crippen LogP) is 2.20. The van der Waals surface area contributed by atoms with Crippen molar-refractivity contribution in [2.45, 2.75) is 51.6 Å². The van der Waals surface area contributed by atoms with Crippen molar-refractivity contribution in [1.29, 1.82) is 0 Å². The van der Waals surface area contributed by atoms with E-state index < -0.39 is 11.1 Å². The number of halogens is 1. The first-order valence-electron chi connectivity index (χ1n) is 7.43. The molecule has 2 aliphatic heterocycles. The molecule has 0 aliphatic carbocycles. The van der Waals surface area contributed by atoms with E-state index in [1.54, 1.807) is 0 Å². The summed E-state index contributed by atoms with van der Waals surface area (Å²) < 4.78 is 0. The SMILES string of the molecule is CC(C)(/N=N/C(C)(C)C1=NCCCN1)C1=NCCCN1.Cl. The molecule has 0 bridgehead atoms. The van der Waals surface area contributed by atoms with Gasteiger partial charge in [-0.3, -0.25) is 9.98 Å². The van der Waals surface area contributed by atoms with Crippen LogP contribution in [0.15, 0.2) is 20.2 Å². The van der Waals surface area contributed by atoms with E-state index in [9.17, 15) is 0 Å². The van der Waals surface area contributed by atoms with Gasteiger partial charge in [0.25, 0.3) is 0 Å². The second-order valence-corrected chi connectivity index (χ2v) is 6.34. The molecule has 21 heavy (non-hydrogen) atoms. The van der Waals surface area contributed by atoms with Crippen LogP contribution in [0.4, 0.5) is 0 Å². The van der Waals surface area contributed by atoms with Gasteiger partial charge in [0, 0.05) is 26.2 Å². The molecule has 120 valence electrons. The van der Waals surface area contributed by atoms with Gasteiger partial charge in [-0.25, -0.2) is 0 Å². The number of nitrogens with zero attached hydrogens (tertiary/aromatic N) is 4. The Morgan fingerprint density at radius 1 is 0.810 bits per heavy atom. The van der Waals surface area contributed by atoms with E-state index in [-0.39, 0.29) is 12.4 Å². The van der Waals surface area contributed by atoms with E-state index in [0.29, 0.717) is 0 Å².